The second-order valence-electron chi connectivity index (χ2n) is 7.09. The molecule has 0 aliphatic carbocycles. The van der Waals surface area contributed by atoms with E-state index in [0.717, 1.165) is 29.9 Å². The van der Waals surface area contributed by atoms with Gasteiger partial charge in [0.15, 0.2) is 0 Å². The highest BCUT2D eigenvalue weighted by molar-refractivity contribution is 5.96. The van der Waals surface area contributed by atoms with Gasteiger partial charge in [0.2, 0.25) is 0 Å². The van der Waals surface area contributed by atoms with Crippen molar-refractivity contribution in [2.45, 2.75) is 52.6 Å². The number of morpholine rings is 1. The van der Waals surface area contributed by atoms with Crippen LogP contribution in [0.15, 0.2) is 16.9 Å². The molecular weight excluding hydrogens is 332 g/mol. The standard InChI is InChI=1S/C19H26N4O3/c1-12(2)18-17(14(4)26-22-18)19(24)23-7-8-25-16(10-23)6-5-15-9-13(3)20-11-21-15/h9,11-12,16H,5-8,10H2,1-4H3/t16-/m1/s1. The summed E-state index contributed by atoms with van der Waals surface area (Å²) >= 11 is 0. The van der Waals surface area contributed by atoms with Gasteiger partial charge in [-0.2, -0.15) is 0 Å². The van der Waals surface area contributed by atoms with Crippen molar-refractivity contribution in [2.75, 3.05) is 19.7 Å². The Morgan fingerprint density at radius 3 is 2.88 bits per heavy atom. The molecule has 3 heterocycles. The Morgan fingerprint density at radius 1 is 1.35 bits per heavy atom. The van der Waals surface area contributed by atoms with Crippen LogP contribution in [0.1, 0.15) is 59.4 Å². The molecule has 0 aromatic carbocycles. The Labute approximate surface area is 153 Å². The summed E-state index contributed by atoms with van der Waals surface area (Å²) in [6.07, 6.45) is 3.22. The third kappa shape index (κ3) is 4.09. The molecule has 1 atom stereocenters. The normalized spacial score (nSPS) is 17.7. The number of ether oxygens (including phenoxy) is 1. The van der Waals surface area contributed by atoms with Gasteiger partial charge in [0, 0.05) is 24.5 Å². The van der Waals surface area contributed by atoms with Crippen molar-refractivity contribution in [3.8, 4) is 0 Å². The van der Waals surface area contributed by atoms with Crippen LogP contribution in [0.2, 0.25) is 0 Å². The van der Waals surface area contributed by atoms with Crippen LogP contribution in [0, 0.1) is 13.8 Å². The maximum Gasteiger partial charge on any atom is 0.259 e. The van der Waals surface area contributed by atoms with Crippen molar-refractivity contribution in [1.82, 2.24) is 20.0 Å². The SMILES string of the molecule is Cc1cc(CC[C@@H]2CN(C(=O)c3c(C(C)C)noc3C)CCO2)ncn1. The minimum Gasteiger partial charge on any atom is -0.375 e. The first-order valence-corrected chi connectivity index (χ1v) is 9.10. The van der Waals surface area contributed by atoms with Gasteiger partial charge in [-0.15, -0.1) is 0 Å². The zero-order valence-corrected chi connectivity index (χ0v) is 15.9. The minimum absolute atomic E-state index is 0.00522. The summed E-state index contributed by atoms with van der Waals surface area (Å²) in [4.78, 5) is 23.3. The summed E-state index contributed by atoms with van der Waals surface area (Å²) in [7, 11) is 0. The van der Waals surface area contributed by atoms with Crippen molar-refractivity contribution in [2.24, 2.45) is 0 Å². The maximum atomic E-state index is 13.0. The number of aryl methyl sites for hydroxylation is 3. The first-order chi connectivity index (χ1) is 12.5. The van der Waals surface area contributed by atoms with E-state index in [-0.39, 0.29) is 17.9 Å². The van der Waals surface area contributed by atoms with Gasteiger partial charge in [-0.3, -0.25) is 4.79 Å². The lowest BCUT2D eigenvalue weighted by Gasteiger charge is -2.33. The molecule has 0 bridgehead atoms. The average molecular weight is 358 g/mol. The summed E-state index contributed by atoms with van der Waals surface area (Å²) in [6, 6.07) is 1.99. The number of carbonyl (C=O) groups excluding carboxylic acids is 1. The Hall–Kier alpha value is -2.28. The molecule has 7 nitrogen and oxygen atoms in total. The third-order valence-electron chi connectivity index (χ3n) is 4.66. The van der Waals surface area contributed by atoms with Gasteiger partial charge in [-0.1, -0.05) is 19.0 Å². The molecule has 26 heavy (non-hydrogen) atoms. The van der Waals surface area contributed by atoms with E-state index in [9.17, 15) is 4.79 Å². The summed E-state index contributed by atoms with van der Waals surface area (Å²) in [5.74, 6) is 0.709. The molecule has 1 amide bonds. The molecule has 0 unspecified atom stereocenters. The molecule has 0 spiro atoms. The molecule has 2 aromatic rings. The molecule has 0 N–H and O–H groups in total. The van der Waals surface area contributed by atoms with Gasteiger partial charge in [-0.25, -0.2) is 9.97 Å². The summed E-state index contributed by atoms with van der Waals surface area (Å²) in [6.45, 7) is 9.48. The maximum absolute atomic E-state index is 13.0. The van der Waals surface area contributed by atoms with E-state index in [1.54, 1.807) is 13.3 Å². The predicted molar refractivity (Wildman–Crippen MR) is 96.1 cm³/mol. The monoisotopic (exact) mass is 358 g/mol. The molecule has 140 valence electrons. The highest BCUT2D eigenvalue weighted by Gasteiger charge is 2.30. The fourth-order valence-electron chi connectivity index (χ4n) is 3.24. The third-order valence-corrected chi connectivity index (χ3v) is 4.66. The largest absolute Gasteiger partial charge is 0.375 e. The number of rotatable bonds is 5. The Balaban J connectivity index is 1.65. The molecule has 1 fully saturated rings. The second kappa shape index (κ2) is 7.95. The Kier molecular flexibility index (Phi) is 5.66. The van der Waals surface area contributed by atoms with Crippen LogP contribution in [-0.4, -0.2) is 51.7 Å². The second-order valence-corrected chi connectivity index (χ2v) is 7.09. The van der Waals surface area contributed by atoms with E-state index in [2.05, 4.69) is 15.1 Å². The highest BCUT2D eigenvalue weighted by atomic mass is 16.5. The van der Waals surface area contributed by atoms with Gasteiger partial charge in [0.1, 0.15) is 17.7 Å². The van der Waals surface area contributed by atoms with Crippen molar-refractivity contribution in [1.29, 1.82) is 0 Å². The number of hydrogen-bond donors (Lipinski definition) is 0. The quantitative estimate of drug-likeness (QED) is 0.817. The molecule has 1 saturated heterocycles. The van der Waals surface area contributed by atoms with E-state index in [1.165, 1.54) is 0 Å². The van der Waals surface area contributed by atoms with E-state index >= 15 is 0 Å². The number of carbonyl (C=O) groups is 1. The highest BCUT2D eigenvalue weighted by Crippen LogP contribution is 2.24. The lowest BCUT2D eigenvalue weighted by Crippen LogP contribution is -2.46. The van der Waals surface area contributed by atoms with Crippen LogP contribution in [-0.2, 0) is 11.2 Å². The zero-order valence-electron chi connectivity index (χ0n) is 15.9. The number of hydrogen-bond acceptors (Lipinski definition) is 6. The number of nitrogens with zero attached hydrogens (tertiary/aromatic N) is 4. The topological polar surface area (TPSA) is 81.4 Å². The predicted octanol–water partition coefficient (Wildman–Crippen LogP) is 2.68. The fourth-order valence-corrected chi connectivity index (χ4v) is 3.24. The summed E-state index contributed by atoms with van der Waals surface area (Å²) < 4.78 is 11.1. The lowest BCUT2D eigenvalue weighted by molar-refractivity contribution is -0.0247. The van der Waals surface area contributed by atoms with Crippen LogP contribution in [0.25, 0.3) is 0 Å². The molecule has 7 heteroatoms. The summed E-state index contributed by atoms with van der Waals surface area (Å²) in [5.41, 5.74) is 3.29. The molecule has 3 rings (SSSR count). The molecule has 0 radical (unpaired) electrons. The van der Waals surface area contributed by atoms with E-state index in [1.807, 2.05) is 31.7 Å². The van der Waals surface area contributed by atoms with Gasteiger partial charge in [-0.05, 0) is 38.7 Å². The van der Waals surface area contributed by atoms with Crippen molar-refractivity contribution < 1.29 is 14.1 Å². The van der Waals surface area contributed by atoms with Gasteiger partial charge < -0.3 is 14.2 Å². The molecular formula is C19H26N4O3. The molecule has 2 aromatic heterocycles. The number of aromatic nitrogens is 3. The van der Waals surface area contributed by atoms with Gasteiger partial charge >= 0.3 is 0 Å². The Morgan fingerprint density at radius 2 is 2.15 bits per heavy atom. The van der Waals surface area contributed by atoms with Crippen LogP contribution >= 0.6 is 0 Å². The van der Waals surface area contributed by atoms with Crippen LogP contribution in [0.3, 0.4) is 0 Å². The van der Waals surface area contributed by atoms with Crippen LogP contribution < -0.4 is 0 Å². The molecule has 1 aliphatic heterocycles. The average Bonchev–Trinajstić information content (AvgIpc) is 3.01. The van der Waals surface area contributed by atoms with E-state index < -0.39 is 0 Å². The van der Waals surface area contributed by atoms with Crippen molar-refractivity contribution in [3.05, 3.63) is 40.8 Å². The molecule has 0 saturated carbocycles. The fraction of sp³-hybridized carbons (Fsp3) is 0.579. The van der Waals surface area contributed by atoms with Gasteiger partial charge in [0.05, 0.1) is 18.4 Å². The molecule has 1 aliphatic rings. The zero-order chi connectivity index (χ0) is 18.7. The Bertz CT molecular complexity index is 772. The first-order valence-electron chi connectivity index (χ1n) is 9.10. The number of amides is 1. The van der Waals surface area contributed by atoms with Crippen molar-refractivity contribution >= 4 is 5.91 Å². The van der Waals surface area contributed by atoms with E-state index in [0.29, 0.717) is 31.0 Å². The van der Waals surface area contributed by atoms with E-state index in [4.69, 9.17) is 9.26 Å². The first kappa shape index (κ1) is 18.5. The van der Waals surface area contributed by atoms with Crippen LogP contribution in [0.5, 0.6) is 0 Å². The van der Waals surface area contributed by atoms with Crippen molar-refractivity contribution in [3.63, 3.8) is 0 Å². The minimum atomic E-state index is -0.0152. The lowest BCUT2D eigenvalue weighted by atomic mass is 10.0. The summed E-state index contributed by atoms with van der Waals surface area (Å²) in [5, 5.41) is 4.07. The van der Waals surface area contributed by atoms with Gasteiger partial charge in [0.25, 0.3) is 5.91 Å². The smallest absolute Gasteiger partial charge is 0.259 e. The van der Waals surface area contributed by atoms with Crippen LogP contribution in [0.4, 0.5) is 0 Å².